The number of non-ortho nitro benzene ring substituents is 1. The number of halogens is 1. The van der Waals surface area contributed by atoms with Crippen molar-refractivity contribution in [2.45, 2.75) is 0 Å². The first-order valence-corrected chi connectivity index (χ1v) is 6.51. The van der Waals surface area contributed by atoms with Crippen LogP contribution in [0.15, 0.2) is 42.5 Å². The van der Waals surface area contributed by atoms with E-state index in [4.69, 9.17) is 9.84 Å². The Kier molecular flexibility index (Phi) is 4.18. The van der Waals surface area contributed by atoms with Crippen molar-refractivity contribution in [2.24, 2.45) is 0 Å². The van der Waals surface area contributed by atoms with Gasteiger partial charge < -0.3 is 9.84 Å². The molecule has 0 radical (unpaired) electrons. The summed E-state index contributed by atoms with van der Waals surface area (Å²) in [4.78, 5) is 21.2. The SMILES string of the molecule is O=C(O)c1cc([N+](=O)[O-])ccc1Oc1ccccc1I. The maximum atomic E-state index is 11.2. The molecule has 2 aromatic carbocycles. The molecule has 0 aliphatic carbocycles. The van der Waals surface area contributed by atoms with Crippen molar-refractivity contribution in [1.29, 1.82) is 0 Å². The van der Waals surface area contributed by atoms with Crippen LogP contribution in [0.3, 0.4) is 0 Å². The van der Waals surface area contributed by atoms with Crippen LogP contribution >= 0.6 is 22.6 Å². The summed E-state index contributed by atoms with van der Waals surface area (Å²) < 4.78 is 6.33. The molecule has 0 spiro atoms. The van der Waals surface area contributed by atoms with E-state index >= 15 is 0 Å². The number of nitro groups is 1. The second-order valence-electron chi connectivity index (χ2n) is 3.78. The number of nitro benzene ring substituents is 1. The zero-order valence-corrected chi connectivity index (χ0v) is 12.1. The zero-order valence-electron chi connectivity index (χ0n) is 9.95. The highest BCUT2D eigenvalue weighted by molar-refractivity contribution is 14.1. The Balaban J connectivity index is 2.44. The number of rotatable bonds is 4. The normalized spacial score (nSPS) is 10.1. The Morgan fingerprint density at radius 3 is 2.50 bits per heavy atom. The van der Waals surface area contributed by atoms with Gasteiger partial charge >= 0.3 is 5.97 Å². The summed E-state index contributed by atoms with van der Waals surface area (Å²) in [5, 5.41) is 19.8. The van der Waals surface area contributed by atoms with E-state index in [-0.39, 0.29) is 17.0 Å². The summed E-state index contributed by atoms with van der Waals surface area (Å²) in [6, 6.07) is 10.5. The van der Waals surface area contributed by atoms with E-state index in [9.17, 15) is 14.9 Å². The first-order valence-electron chi connectivity index (χ1n) is 5.43. The standard InChI is InChI=1S/C13H8INO5/c14-10-3-1-2-4-12(10)20-11-6-5-8(15(18)19)7-9(11)13(16)17/h1-7H,(H,16,17). The lowest BCUT2D eigenvalue weighted by Crippen LogP contribution is -2.02. The fraction of sp³-hybridized carbons (Fsp3) is 0. The number of hydrogen-bond donors (Lipinski definition) is 1. The number of carboxylic acids is 1. The first kappa shape index (κ1) is 14.3. The molecule has 7 heteroatoms. The van der Waals surface area contributed by atoms with E-state index in [1.54, 1.807) is 12.1 Å². The van der Waals surface area contributed by atoms with Gasteiger partial charge in [0, 0.05) is 12.1 Å². The highest BCUT2D eigenvalue weighted by Gasteiger charge is 2.18. The Bertz CT molecular complexity index is 686. The van der Waals surface area contributed by atoms with Gasteiger partial charge in [0.15, 0.2) is 0 Å². The van der Waals surface area contributed by atoms with E-state index in [0.29, 0.717) is 5.75 Å². The first-order chi connectivity index (χ1) is 9.49. The Labute approximate surface area is 127 Å². The van der Waals surface area contributed by atoms with Crippen molar-refractivity contribution in [3.05, 3.63) is 61.7 Å². The van der Waals surface area contributed by atoms with E-state index in [0.717, 1.165) is 9.64 Å². The lowest BCUT2D eigenvalue weighted by atomic mass is 10.2. The molecule has 0 amide bonds. The summed E-state index contributed by atoms with van der Waals surface area (Å²) in [5.74, 6) is -0.730. The fourth-order valence-electron chi connectivity index (χ4n) is 1.53. The Morgan fingerprint density at radius 1 is 1.20 bits per heavy atom. The molecular formula is C13H8INO5. The van der Waals surface area contributed by atoms with Crippen molar-refractivity contribution in [1.82, 2.24) is 0 Å². The molecule has 20 heavy (non-hydrogen) atoms. The van der Waals surface area contributed by atoms with Gasteiger partial charge in [-0.15, -0.1) is 0 Å². The van der Waals surface area contributed by atoms with Gasteiger partial charge in [-0.3, -0.25) is 10.1 Å². The third-order valence-corrected chi connectivity index (χ3v) is 3.35. The van der Waals surface area contributed by atoms with E-state index in [1.165, 1.54) is 12.1 Å². The minimum atomic E-state index is -1.28. The minimum absolute atomic E-state index is 0.0622. The molecule has 0 atom stereocenters. The van der Waals surface area contributed by atoms with Gasteiger partial charge in [-0.25, -0.2) is 4.79 Å². The van der Waals surface area contributed by atoms with Gasteiger partial charge in [0.05, 0.1) is 8.49 Å². The Hall–Kier alpha value is -2.16. The van der Waals surface area contributed by atoms with Crippen LogP contribution in [0, 0.1) is 13.7 Å². The molecule has 6 nitrogen and oxygen atoms in total. The fourth-order valence-corrected chi connectivity index (χ4v) is 2.03. The van der Waals surface area contributed by atoms with Crippen LogP contribution in [0.2, 0.25) is 0 Å². The van der Waals surface area contributed by atoms with Crippen LogP contribution < -0.4 is 4.74 Å². The molecule has 102 valence electrons. The van der Waals surface area contributed by atoms with Crippen molar-refractivity contribution >= 4 is 34.2 Å². The third kappa shape index (κ3) is 3.05. The average molecular weight is 385 g/mol. The van der Waals surface area contributed by atoms with Crippen LogP contribution in [0.5, 0.6) is 11.5 Å². The van der Waals surface area contributed by atoms with Gasteiger partial charge in [0.25, 0.3) is 5.69 Å². The Morgan fingerprint density at radius 2 is 1.90 bits per heavy atom. The van der Waals surface area contributed by atoms with Crippen molar-refractivity contribution < 1.29 is 19.6 Å². The summed E-state index contributed by atoms with van der Waals surface area (Å²) in [7, 11) is 0. The summed E-state index contributed by atoms with van der Waals surface area (Å²) in [6.45, 7) is 0. The van der Waals surface area contributed by atoms with Crippen LogP contribution in [0.1, 0.15) is 10.4 Å². The topological polar surface area (TPSA) is 89.7 Å². The number of carboxylic acid groups (broad SMARTS) is 1. The molecular weight excluding hydrogens is 377 g/mol. The van der Waals surface area contributed by atoms with Gasteiger partial charge in [-0.05, 0) is 40.8 Å². The quantitative estimate of drug-likeness (QED) is 0.493. The van der Waals surface area contributed by atoms with E-state index in [2.05, 4.69) is 22.6 Å². The molecule has 2 aromatic rings. The van der Waals surface area contributed by atoms with Gasteiger partial charge in [-0.1, -0.05) is 12.1 Å². The molecule has 0 bridgehead atoms. The van der Waals surface area contributed by atoms with Crippen LogP contribution in [0.4, 0.5) is 5.69 Å². The van der Waals surface area contributed by atoms with Gasteiger partial charge in [-0.2, -0.15) is 0 Å². The number of aromatic carboxylic acids is 1. The predicted octanol–water partition coefficient (Wildman–Crippen LogP) is 3.69. The zero-order chi connectivity index (χ0) is 14.7. The average Bonchev–Trinajstić information content (AvgIpc) is 2.41. The molecule has 0 heterocycles. The van der Waals surface area contributed by atoms with Gasteiger partial charge in [0.2, 0.25) is 0 Å². The minimum Gasteiger partial charge on any atom is -0.478 e. The summed E-state index contributed by atoms with van der Waals surface area (Å²) >= 11 is 2.05. The lowest BCUT2D eigenvalue weighted by Gasteiger charge is -2.09. The van der Waals surface area contributed by atoms with Gasteiger partial charge in [0.1, 0.15) is 17.1 Å². The molecule has 1 N–H and O–H groups in total. The molecule has 0 unspecified atom stereocenters. The monoisotopic (exact) mass is 385 g/mol. The van der Waals surface area contributed by atoms with Crippen molar-refractivity contribution in [3.63, 3.8) is 0 Å². The summed E-state index contributed by atoms with van der Waals surface area (Å²) in [5.41, 5.74) is -0.545. The van der Waals surface area contributed by atoms with E-state index < -0.39 is 10.9 Å². The second kappa shape index (κ2) is 5.87. The number of carbonyl (C=O) groups is 1. The van der Waals surface area contributed by atoms with Crippen LogP contribution in [0.25, 0.3) is 0 Å². The predicted molar refractivity (Wildman–Crippen MR) is 79.3 cm³/mol. The highest BCUT2D eigenvalue weighted by atomic mass is 127. The second-order valence-corrected chi connectivity index (χ2v) is 4.94. The van der Waals surface area contributed by atoms with Crippen LogP contribution in [-0.2, 0) is 0 Å². The lowest BCUT2D eigenvalue weighted by molar-refractivity contribution is -0.384. The number of hydrogen-bond acceptors (Lipinski definition) is 4. The molecule has 0 aromatic heterocycles. The molecule has 2 rings (SSSR count). The molecule has 0 aliphatic rings. The van der Waals surface area contributed by atoms with Crippen molar-refractivity contribution in [3.8, 4) is 11.5 Å². The van der Waals surface area contributed by atoms with E-state index in [1.807, 2.05) is 12.1 Å². The molecule has 0 saturated heterocycles. The van der Waals surface area contributed by atoms with Crippen molar-refractivity contribution in [2.75, 3.05) is 0 Å². The number of benzene rings is 2. The largest absolute Gasteiger partial charge is 0.478 e. The maximum Gasteiger partial charge on any atom is 0.339 e. The summed E-state index contributed by atoms with van der Waals surface area (Å²) in [6.07, 6.45) is 0. The smallest absolute Gasteiger partial charge is 0.339 e. The molecule has 0 fully saturated rings. The number of nitrogens with zero attached hydrogens (tertiary/aromatic N) is 1. The highest BCUT2D eigenvalue weighted by Crippen LogP contribution is 2.31. The number of para-hydroxylation sites is 1. The van der Waals surface area contributed by atoms with Crippen LogP contribution in [-0.4, -0.2) is 16.0 Å². The third-order valence-electron chi connectivity index (χ3n) is 2.46. The maximum absolute atomic E-state index is 11.2. The molecule has 0 aliphatic heterocycles. The molecule has 0 saturated carbocycles. The number of ether oxygens (including phenoxy) is 1.